The number of hydrogen-bond acceptors (Lipinski definition) is 5. The average molecular weight is 437 g/mol. The van der Waals surface area contributed by atoms with Gasteiger partial charge in [0.1, 0.15) is 17.9 Å². The summed E-state index contributed by atoms with van der Waals surface area (Å²) in [4.78, 5) is 51.0. The van der Waals surface area contributed by atoms with Crippen LogP contribution in [0.15, 0.2) is 47.3 Å². The number of benzene rings is 2. The molecule has 0 atom stereocenters. The molecule has 0 unspecified atom stereocenters. The van der Waals surface area contributed by atoms with E-state index in [1.54, 1.807) is 24.3 Å². The van der Waals surface area contributed by atoms with Crippen LogP contribution in [0.25, 0.3) is 10.8 Å². The number of hydrogen-bond donors (Lipinski definition) is 2. The summed E-state index contributed by atoms with van der Waals surface area (Å²) >= 11 is 0. The van der Waals surface area contributed by atoms with E-state index in [1.165, 1.54) is 26.0 Å². The summed E-state index contributed by atoms with van der Waals surface area (Å²) in [6, 6.07) is 10.2. The van der Waals surface area contributed by atoms with Crippen LogP contribution in [-0.4, -0.2) is 45.0 Å². The predicted molar refractivity (Wildman–Crippen MR) is 114 cm³/mol. The Labute approximate surface area is 181 Å². The van der Waals surface area contributed by atoms with Gasteiger partial charge in [-0.15, -0.1) is 0 Å². The maximum atomic E-state index is 14.7. The molecule has 32 heavy (non-hydrogen) atoms. The van der Waals surface area contributed by atoms with Crippen LogP contribution in [0, 0.1) is 5.82 Å². The van der Waals surface area contributed by atoms with Gasteiger partial charge in [-0.2, -0.15) is 5.10 Å². The summed E-state index contributed by atoms with van der Waals surface area (Å²) in [6.45, 7) is 2.46. The van der Waals surface area contributed by atoms with Gasteiger partial charge >= 0.3 is 6.03 Å². The van der Waals surface area contributed by atoms with Gasteiger partial charge in [-0.3, -0.25) is 14.4 Å². The number of carbonyl (C=O) groups is 3. The SMILES string of the molecule is CC1(C)C(=O)N(c2cc(Cc3n[nH]c(=O)c4ccccc34)ccc2F)C(=O)N1CC(N)=O. The minimum absolute atomic E-state index is 0.217. The molecule has 1 aliphatic heterocycles. The summed E-state index contributed by atoms with van der Waals surface area (Å²) in [5.74, 6) is -2.23. The van der Waals surface area contributed by atoms with Gasteiger partial charge in [-0.25, -0.2) is 19.2 Å². The highest BCUT2D eigenvalue weighted by molar-refractivity contribution is 6.23. The lowest BCUT2D eigenvalue weighted by atomic mass is 10.0. The molecule has 4 amide bonds. The van der Waals surface area contributed by atoms with Crippen LogP contribution in [0.3, 0.4) is 0 Å². The first kappa shape index (κ1) is 21.2. The van der Waals surface area contributed by atoms with Crippen molar-refractivity contribution in [3.05, 3.63) is 69.9 Å². The Balaban J connectivity index is 1.74. The van der Waals surface area contributed by atoms with Crippen molar-refractivity contribution >= 4 is 34.3 Å². The van der Waals surface area contributed by atoms with Crippen molar-refractivity contribution in [2.45, 2.75) is 25.8 Å². The molecule has 3 N–H and O–H groups in total. The number of primary amides is 1. The van der Waals surface area contributed by atoms with Crippen LogP contribution in [0.4, 0.5) is 14.9 Å². The molecular formula is C22H20FN5O4. The highest BCUT2D eigenvalue weighted by Crippen LogP contribution is 2.34. The van der Waals surface area contributed by atoms with Gasteiger partial charge in [0.05, 0.1) is 16.8 Å². The number of carbonyl (C=O) groups excluding carboxylic acids is 3. The Kier molecular flexibility index (Phi) is 5.00. The van der Waals surface area contributed by atoms with Crippen LogP contribution in [-0.2, 0) is 16.0 Å². The smallest absolute Gasteiger partial charge is 0.332 e. The van der Waals surface area contributed by atoms with Crippen molar-refractivity contribution in [2.75, 3.05) is 11.4 Å². The molecule has 2 heterocycles. The second kappa shape index (κ2) is 7.56. The van der Waals surface area contributed by atoms with E-state index in [0.29, 0.717) is 22.0 Å². The van der Waals surface area contributed by atoms with Crippen molar-refractivity contribution in [1.82, 2.24) is 15.1 Å². The Morgan fingerprint density at radius 3 is 2.50 bits per heavy atom. The van der Waals surface area contributed by atoms with E-state index in [0.717, 1.165) is 15.9 Å². The lowest BCUT2D eigenvalue weighted by Crippen LogP contribution is -2.47. The Morgan fingerprint density at radius 1 is 1.12 bits per heavy atom. The number of imide groups is 1. The largest absolute Gasteiger partial charge is 0.368 e. The number of urea groups is 1. The molecule has 4 rings (SSSR count). The van der Waals surface area contributed by atoms with Crippen molar-refractivity contribution in [2.24, 2.45) is 5.73 Å². The zero-order valence-corrected chi connectivity index (χ0v) is 17.4. The fraction of sp³-hybridized carbons (Fsp3) is 0.227. The van der Waals surface area contributed by atoms with E-state index in [1.807, 2.05) is 0 Å². The minimum Gasteiger partial charge on any atom is -0.368 e. The van der Waals surface area contributed by atoms with E-state index in [-0.39, 0.29) is 17.7 Å². The zero-order valence-electron chi connectivity index (χ0n) is 17.4. The van der Waals surface area contributed by atoms with Crippen LogP contribution in [0.1, 0.15) is 25.1 Å². The molecule has 3 aromatic rings. The molecule has 0 spiro atoms. The van der Waals surface area contributed by atoms with E-state index >= 15 is 0 Å². The quantitative estimate of drug-likeness (QED) is 0.587. The fourth-order valence-corrected chi connectivity index (χ4v) is 3.81. The molecule has 0 saturated carbocycles. The number of halogens is 1. The Hall–Kier alpha value is -4.08. The molecule has 1 saturated heterocycles. The number of aromatic amines is 1. The van der Waals surface area contributed by atoms with Crippen molar-refractivity contribution in [3.63, 3.8) is 0 Å². The van der Waals surface area contributed by atoms with Gasteiger partial charge < -0.3 is 10.6 Å². The maximum absolute atomic E-state index is 14.7. The summed E-state index contributed by atoms with van der Waals surface area (Å²) < 4.78 is 14.7. The summed E-state index contributed by atoms with van der Waals surface area (Å²) in [7, 11) is 0. The standard InChI is InChI=1S/C22H20FN5O4/c1-22(2)20(31)28(21(32)27(22)11-18(24)29)17-10-12(7-8-15(17)23)9-16-13-5-3-4-6-14(13)19(30)26-25-16/h3-8,10H,9,11H2,1-2H3,(H2,24,29)(H,26,30). The topological polar surface area (TPSA) is 129 Å². The van der Waals surface area contributed by atoms with E-state index in [9.17, 15) is 23.6 Å². The van der Waals surface area contributed by atoms with E-state index in [2.05, 4.69) is 10.2 Å². The molecule has 0 radical (unpaired) electrons. The highest BCUT2D eigenvalue weighted by atomic mass is 19.1. The third-order valence-electron chi connectivity index (χ3n) is 5.54. The number of amides is 4. The Morgan fingerprint density at radius 2 is 1.81 bits per heavy atom. The van der Waals surface area contributed by atoms with Crippen LogP contribution in [0.2, 0.25) is 0 Å². The summed E-state index contributed by atoms with van der Waals surface area (Å²) in [5, 5.41) is 7.66. The molecule has 9 nitrogen and oxygen atoms in total. The molecule has 0 bridgehead atoms. The molecule has 1 fully saturated rings. The predicted octanol–water partition coefficient (Wildman–Crippen LogP) is 1.69. The number of aromatic nitrogens is 2. The average Bonchev–Trinajstić information content (AvgIpc) is 2.91. The van der Waals surface area contributed by atoms with E-state index in [4.69, 9.17) is 5.73 Å². The number of nitrogens with two attached hydrogens (primary N) is 1. The second-order valence-electron chi connectivity index (χ2n) is 8.04. The van der Waals surface area contributed by atoms with Gasteiger partial charge in [-0.05, 0) is 37.6 Å². The van der Waals surface area contributed by atoms with Crippen LogP contribution >= 0.6 is 0 Å². The second-order valence-corrected chi connectivity index (χ2v) is 8.04. The van der Waals surface area contributed by atoms with Gasteiger partial charge in [0.2, 0.25) is 5.91 Å². The number of nitrogens with zero attached hydrogens (tertiary/aromatic N) is 3. The summed E-state index contributed by atoms with van der Waals surface area (Å²) in [6.07, 6.45) is 0.217. The van der Waals surface area contributed by atoms with Gasteiger partial charge in [0.25, 0.3) is 11.5 Å². The molecule has 10 heteroatoms. The van der Waals surface area contributed by atoms with Crippen molar-refractivity contribution in [1.29, 1.82) is 0 Å². The first-order valence-corrected chi connectivity index (χ1v) is 9.80. The molecule has 1 aromatic heterocycles. The third-order valence-corrected chi connectivity index (χ3v) is 5.54. The lowest BCUT2D eigenvalue weighted by Gasteiger charge is -2.26. The molecule has 1 aliphatic rings. The van der Waals surface area contributed by atoms with Crippen molar-refractivity contribution < 1.29 is 18.8 Å². The normalized spacial score (nSPS) is 15.6. The van der Waals surface area contributed by atoms with Gasteiger partial charge in [0.15, 0.2) is 0 Å². The third kappa shape index (κ3) is 3.39. The summed E-state index contributed by atoms with van der Waals surface area (Å²) in [5.41, 5.74) is 4.40. The monoisotopic (exact) mass is 437 g/mol. The van der Waals surface area contributed by atoms with Gasteiger partial charge in [0, 0.05) is 11.8 Å². The van der Waals surface area contributed by atoms with Crippen molar-refractivity contribution in [3.8, 4) is 0 Å². The number of rotatable bonds is 5. The minimum atomic E-state index is -1.37. The number of anilines is 1. The number of fused-ring (bicyclic) bond motifs is 1. The van der Waals surface area contributed by atoms with E-state index < -0.39 is 35.7 Å². The van der Waals surface area contributed by atoms with Gasteiger partial charge in [-0.1, -0.05) is 24.3 Å². The number of nitrogens with one attached hydrogen (secondary N) is 1. The number of H-pyrrole nitrogens is 1. The Bertz CT molecular complexity index is 1330. The first-order chi connectivity index (χ1) is 15.1. The molecule has 0 aliphatic carbocycles. The van der Waals surface area contributed by atoms with Crippen LogP contribution in [0.5, 0.6) is 0 Å². The zero-order chi connectivity index (χ0) is 23.2. The first-order valence-electron chi connectivity index (χ1n) is 9.80. The van der Waals surface area contributed by atoms with Crippen LogP contribution < -0.4 is 16.2 Å². The molecule has 2 aromatic carbocycles. The highest BCUT2D eigenvalue weighted by Gasteiger charge is 2.52. The molecule has 164 valence electrons. The fourth-order valence-electron chi connectivity index (χ4n) is 3.81. The molecular weight excluding hydrogens is 417 g/mol. The maximum Gasteiger partial charge on any atom is 0.332 e. The lowest BCUT2D eigenvalue weighted by molar-refractivity contribution is -0.125.